The quantitative estimate of drug-likeness (QED) is 0.147. The Balaban J connectivity index is 1.67. The van der Waals surface area contributed by atoms with Crippen LogP contribution >= 0.6 is 19.4 Å². The molecule has 1 aromatic carbocycles. The van der Waals surface area contributed by atoms with Gasteiger partial charge in [0.2, 0.25) is 5.95 Å². The van der Waals surface area contributed by atoms with Crippen LogP contribution in [0.2, 0.25) is 0 Å². The van der Waals surface area contributed by atoms with E-state index in [0.29, 0.717) is 16.2 Å². The summed E-state index contributed by atoms with van der Waals surface area (Å²) >= 11 is 1.33. The summed E-state index contributed by atoms with van der Waals surface area (Å²) in [4.78, 5) is 13.6. The third kappa shape index (κ3) is 8.34. The lowest BCUT2D eigenvalue weighted by Crippen LogP contribution is -2.21. The molecule has 2 heterocycles. The number of fused-ring (bicyclic) bond motifs is 1. The van der Waals surface area contributed by atoms with E-state index in [-0.39, 0.29) is 19.1 Å². The van der Waals surface area contributed by atoms with Crippen molar-refractivity contribution < 1.29 is 44.7 Å². The third-order valence-electron chi connectivity index (χ3n) is 4.33. The number of hydrogen-bond donors (Lipinski definition) is 1. The molecule has 0 aliphatic rings. The molecule has 0 amide bonds. The van der Waals surface area contributed by atoms with Crippen molar-refractivity contribution >= 4 is 36.5 Å². The van der Waals surface area contributed by atoms with Crippen LogP contribution < -0.4 is 5.73 Å². The Morgan fingerprint density at radius 1 is 1.06 bits per heavy atom. The molecule has 17 heteroatoms. The van der Waals surface area contributed by atoms with Gasteiger partial charge in [-0.15, -0.1) is 0 Å². The number of ether oxygens (including phenoxy) is 1. The molecule has 2 N–H and O–H groups in total. The first-order valence-electron chi connectivity index (χ1n) is 10.1. The Labute approximate surface area is 204 Å². The van der Waals surface area contributed by atoms with Crippen molar-refractivity contribution in [2.24, 2.45) is 0 Å². The standard InChI is InChI=1S/C19H20F6N5O4PS/c1-12-4-2-3-5-13(12)36-16-14-15(28-17(26)29-16)30(10-27-14)6-7-32-11-35(31,33-8-18(20,21)22)34-9-19(23,24)25/h2-5,10H,6-9,11H2,1H3,(H2,26,28,29). The van der Waals surface area contributed by atoms with Crippen molar-refractivity contribution in [3.05, 3.63) is 36.2 Å². The van der Waals surface area contributed by atoms with Crippen molar-refractivity contribution in [3.8, 4) is 0 Å². The summed E-state index contributed by atoms with van der Waals surface area (Å²) in [5, 5.41) is 0.483. The fraction of sp³-hybridized carbons (Fsp3) is 0.421. The van der Waals surface area contributed by atoms with Crippen LogP contribution in [0.25, 0.3) is 11.2 Å². The average molecular weight is 559 g/mol. The summed E-state index contributed by atoms with van der Waals surface area (Å²) in [6.45, 7) is -2.48. The van der Waals surface area contributed by atoms with Gasteiger partial charge in [-0.3, -0.25) is 13.6 Å². The molecule has 3 rings (SSSR count). The minimum absolute atomic E-state index is 0.0000333. The normalized spacial score (nSPS) is 13.0. The van der Waals surface area contributed by atoms with Crippen LogP contribution in [0.4, 0.5) is 32.3 Å². The van der Waals surface area contributed by atoms with Gasteiger partial charge in [0.15, 0.2) is 18.9 Å². The van der Waals surface area contributed by atoms with Gasteiger partial charge >= 0.3 is 19.9 Å². The van der Waals surface area contributed by atoms with Gasteiger partial charge < -0.3 is 15.0 Å². The van der Waals surface area contributed by atoms with Gasteiger partial charge in [-0.05, 0) is 18.6 Å². The van der Waals surface area contributed by atoms with Crippen LogP contribution in [0.1, 0.15) is 5.56 Å². The van der Waals surface area contributed by atoms with Gasteiger partial charge in [0.05, 0.1) is 12.9 Å². The van der Waals surface area contributed by atoms with Crippen LogP contribution in [0.5, 0.6) is 0 Å². The summed E-state index contributed by atoms with van der Waals surface area (Å²) in [5.74, 6) is -0.0353. The van der Waals surface area contributed by atoms with E-state index in [0.717, 1.165) is 10.5 Å². The molecular weight excluding hydrogens is 539 g/mol. The Hall–Kier alpha value is -2.39. The summed E-state index contributed by atoms with van der Waals surface area (Å²) in [6.07, 6.45) is -9.59. The summed E-state index contributed by atoms with van der Waals surface area (Å²) in [5.41, 5.74) is 7.58. The second-order valence-corrected chi connectivity index (χ2v) is 10.3. The molecule has 0 fully saturated rings. The number of rotatable bonds is 11. The molecule has 0 bridgehead atoms. The first kappa shape index (κ1) is 28.2. The van der Waals surface area contributed by atoms with Crippen molar-refractivity contribution in [1.29, 1.82) is 0 Å². The highest BCUT2D eigenvalue weighted by Crippen LogP contribution is 2.50. The van der Waals surface area contributed by atoms with Gasteiger partial charge in [-0.1, -0.05) is 30.0 Å². The molecule has 0 aliphatic carbocycles. The molecule has 0 unspecified atom stereocenters. The molecular formula is C19H20F6N5O4PS. The summed E-state index contributed by atoms with van der Waals surface area (Å²) < 4.78 is 102. The van der Waals surface area contributed by atoms with Crippen LogP contribution in [-0.2, 0) is 24.9 Å². The van der Waals surface area contributed by atoms with Crippen molar-refractivity contribution in [1.82, 2.24) is 19.5 Å². The maximum Gasteiger partial charge on any atom is 0.412 e. The zero-order chi connectivity index (χ0) is 26.6. The number of alkyl halides is 6. The fourth-order valence-corrected chi connectivity index (χ4v) is 4.96. The van der Waals surface area contributed by atoms with Gasteiger partial charge in [0, 0.05) is 11.4 Å². The van der Waals surface area contributed by atoms with Crippen LogP contribution in [0.3, 0.4) is 0 Å². The van der Waals surface area contributed by atoms with E-state index in [4.69, 9.17) is 10.5 Å². The van der Waals surface area contributed by atoms with Gasteiger partial charge in [-0.25, -0.2) is 9.97 Å². The molecule has 0 saturated carbocycles. The fourth-order valence-electron chi connectivity index (χ4n) is 2.74. The van der Waals surface area contributed by atoms with E-state index >= 15 is 0 Å². The highest BCUT2D eigenvalue weighted by Gasteiger charge is 2.38. The number of benzene rings is 1. The number of nitrogens with zero attached hydrogens (tertiary/aromatic N) is 4. The Morgan fingerprint density at radius 3 is 2.31 bits per heavy atom. The van der Waals surface area contributed by atoms with Crippen molar-refractivity contribution in [2.75, 3.05) is 31.9 Å². The number of nitrogen functional groups attached to an aromatic ring is 1. The molecule has 2 aromatic heterocycles. The molecule has 0 radical (unpaired) electrons. The molecule has 9 nitrogen and oxygen atoms in total. The molecule has 0 atom stereocenters. The molecule has 198 valence electrons. The zero-order valence-corrected chi connectivity index (χ0v) is 20.3. The minimum atomic E-state index is -4.93. The average Bonchev–Trinajstić information content (AvgIpc) is 3.18. The lowest BCUT2D eigenvalue weighted by Gasteiger charge is -2.20. The van der Waals surface area contributed by atoms with E-state index in [1.54, 1.807) is 0 Å². The van der Waals surface area contributed by atoms with Gasteiger partial charge in [0.25, 0.3) is 0 Å². The number of aryl methyl sites for hydroxylation is 1. The topological polar surface area (TPSA) is 114 Å². The predicted molar refractivity (Wildman–Crippen MR) is 117 cm³/mol. The van der Waals surface area contributed by atoms with Gasteiger partial charge in [-0.2, -0.15) is 31.3 Å². The van der Waals surface area contributed by atoms with Gasteiger partial charge in [0.1, 0.15) is 16.9 Å². The highest BCUT2D eigenvalue weighted by atomic mass is 32.2. The van der Waals surface area contributed by atoms with E-state index in [2.05, 4.69) is 24.0 Å². The van der Waals surface area contributed by atoms with Crippen molar-refractivity contribution in [3.63, 3.8) is 0 Å². The second kappa shape index (κ2) is 11.3. The Kier molecular flexibility index (Phi) is 8.88. The number of aromatic nitrogens is 4. The van der Waals surface area contributed by atoms with E-state index in [1.807, 2.05) is 31.2 Å². The molecule has 0 aliphatic heterocycles. The van der Waals surface area contributed by atoms with Crippen molar-refractivity contribution in [2.45, 2.75) is 35.7 Å². The Bertz CT molecular complexity index is 1220. The molecule has 0 saturated heterocycles. The molecule has 36 heavy (non-hydrogen) atoms. The maximum atomic E-state index is 12.4. The maximum absolute atomic E-state index is 12.4. The first-order valence-corrected chi connectivity index (χ1v) is 12.6. The second-order valence-electron chi connectivity index (χ2n) is 7.29. The van der Waals surface area contributed by atoms with Crippen LogP contribution in [0, 0.1) is 6.92 Å². The Morgan fingerprint density at radius 2 is 1.69 bits per heavy atom. The monoisotopic (exact) mass is 559 g/mol. The summed E-state index contributed by atoms with van der Waals surface area (Å²) in [7, 11) is -4.86. The molecule has 0 spiro atoms. The number of anilines is 1. The smallest absolute Gasteiger partial charge is 0.368 e. The van der Waals surface area contributed by atoms with E-state index < -0.39 is 39.5 Å². The largest absolute Gasteiger partial charge is 0.412 e. The predicted octanol–water partition coefficient (Wildman–Crippen LogP) is 5.19. The van der Waals surface area contributed by atoms with E-state index in [9.17, 15) is 30.9 Å². The number of nitrogens with two attached hydrogens (primary N) is 1. The number of halogens is 6. The van der Waals surface area contributed by atoms with Crippen LogP contribution in [-0.4, -0.2) is 58.0 Å². The third-order valence-corrected chi connectivity index (χ3v) is 7.02. The van der Waals surface area contributed by atoms with Crippen LogP contribution in [0.15, 0.2) is 40.5 Å². The lowest BCUT2D eigenvalue weighted by atomic mass is 10.2. The van der Waals surface area contributed by atoms with E-state index in [1.165, 1.54) is 22.7 Å². The number of hydrogen-bond acceptors (Lipinski definition) is 9. The first-order chi connectivity index (χ1) is 16.7. The SMILES string of the molecule is Cc1ccccc1Sc1nc(N)nc2c1ncn2CCOCP(=O)(OCC(F)(F)F)OCC(F)(F)F. The zero-order valence-electron chi connectivity index (χ0n) is 18.5. The minimum Gasteiger partial charge on any atom is -0.368 e. The number of imidazole rings is 1. The lowest BCUT2D eigenvalue weighted by molar-refractivity contribution is -0.166. The summed E-state index contributed by atoms with van der Waals surface area (Å²) in [6, 6.07) is 7.58. The highest BCUT2D eigenvalue weighted by molar-refractivity contribution is 7.99. The molecule has 3 aromatic rings.